The second kappa shape index (κ2) is 7.89. The summed E-state index contributed by atoms with van der Waals surface area (Å²) in [7, 11) is 0. The van der Waals surface area contributed by atoms with Crippen LogP contribution >= 0.6 is 0 Å². The number of hydrogen-bond donors (Lipinski definition) is 0. The van der Waals surface area contributed by atoms with Crippen molar-refractivity contribution in [3.05, 3.63) is 65.7 Å². The van der Waals surface area contributed by atoms with E-state index in [1.54, 1.807) is 43.0 Å². The van der Waals surface area contributed by atoms with Gasteiger partial charge >= 0.3 is 5.97 Å². The fourth-order valence-electron chi connectivity index (χ4n) is 4.40. The second-order valence-corrected chi connectivity index (χ2v) is 9.28. The van der Waals surface area contributed by atoms with Crippen molar-refractivity contribution in [3.8, 4) is 0 Å². The molecule has 0 bridgehead atoms. The van der Waals surface area contributed by atoms with Crippen LogP contribution in [-0.4, -0.2) is 47.3 Å². The lowest BCUT2D eigenvalue weighted by Crippen LogP contribution is -2.51. The molecule has 2 heterocycles. The van der Waals surface area contributed by atoms with Gasteiger partial charge in [-0.15, -0.1) is 0 Å². The average molecular weight is 434 g/mol. The number of nitrogens with zero attached hydrogens (tertiary/aromatic N) is 2. The first-order valence-corrected chi connectivity index (χ1v) is 10.7. The standard InChI is InChI=1S/C25H26N2O5/c1-15(2)19(27-21(28)17-12-8-9-13-18(17)22(27)29)24(31)32-20-23(30)26(14-25(20,3)4)16-10-6-5-7-11-16/h5-13,15,19-20H,14H2,1-4H3/t19-,20+/m1/s1. The maximum Gasteiger partial charge on any atom is 0.330 e. The largest absolute Gasteiger partial charge is 0.450 e. The van der Waals surface area contributed by atoms with Crippen molar-refractivity contribution in [2.24, 2.45) is 11.3 Å². The summed E-state index contributed by atoms with van der Waals surface area (Å²) >= 11 is 0. The van der Waals surface area contributed by atoms with Crippen LogP contribution in [0.1, 0.15) is 48.4 Å². The van der Waals surface area contributed by atoms with Crippen LogP contribution in [0.25, 0.3) is 0 Å². The van der Waals surface area contributed by atoms with E-state index in [1.165, 1.54) is 0 Å². The third kappa shape index (κ3) is 3.47. The van der Waals surface area contributed by atoms with Gasteiger partial charge in [-0.05, 0) is 30.2 Å². The molecule has 3 amide bonds. The third-order valence-corrected chi connectivity index (χ3v) is 6.04. The first kappa shape index (κ1) is 21.7. The van der Waals surface area contributed by atoms with E-state index in [1.807, 2.05) is 44.2 Å². The van der Waals surface area contributed by atoms with E-state index in [4.69, 9.17) is 4.74 Å². The minimum atomic E-state index is -1.13. The van der Waals surface area contributed by atoms with Gasteiger partial charge in [0, 0.05) is 17.6 Å². The van der Waals surface area contributed by atoms with E-state index in [0.717, 1.165) is 10.6 Å². The average Bonchev–Trinajstić information content (AvgIpc) is 3.14. The molecule has 0 spiro atoms. The molecule has 2 atom stereocenters. The van der Waals surface area contributed by atoms with Crippen LogP contribution in [0, 0.1) is 11.3 Å². The van der Waals surface area contributed by atoms with Gasteiger partial charge in [0.2, 0.25) is 0 Å². The highest BCUT2D eigenvalue weighted by atomic mass is 16.6. The Kier molecular flexibility index (Phi) is 5.36. The Balaban J connectivity index is 1.60. The maximum absolute atomic E-state index is 13.3. The molecule has 2 aliphatic rings. The van der Waals surface area contributed by atoms with Gasteiger partial charge in [0.15, 0.2) is 6.10 Å². The van der Waals surface area contributed by atoms with E-state index < -0.39 is 41.3 Å². The number of ether oxygens (including phenoxy) is 1. The van der Waals surface area contributed by atoms with Gasteiger partial charge in [0.25, 0.3) is 17.7 Å². The van der Waals surface area contributed by atoms with Crippen LogP contribution in [0.15, 0.2) is 54.6 Å². The first-order valence-electron chi connectivity index (χ1n) is 10.7. The Morgan fingerprint density at radius 1 is 0.938 bits per heavy atom. The smallest absolute Gasteiger partial charge is 0.330 e. The number of carbonyl (C=O) groups is 4. The fourth-order valence-corrected chi connectivity index (χ4v) is 4.40. The molecule has 2 aliphatic heterocycles. The van der Waals surface area contributed by atoms with Crippen LogP contribution in [0.2, 0.25) is 0 Å². The second-order valence-electron chi connectivity index (χ2n) is 9.28. The Morgan fingerprint density at radius 2 is 1.47 bits per heavy atom. The van der Waals surface area contributed by atoms with Gasteiger partial charge in [0.05, 0.1) is 11.1 Å². The molecule has 0 N–H and O–H groups in total. The Morgan fingerprint density at radius 3 is 2.00 bits per heavy atom. The molecule has 0 unspecified atom stereocenters. The van der Waals surface area contributed by atoms with Crippen LogP contribution in [0.4, 0.5) is 5.69 Å². The summed E-state index contributed by atoms with van der Waals surface area (Å²) in [4.78, 5) is 55.0. The lowest BCUT2D eigenvalue weighted by Gasteiger charge is -2.30. The lowest BCUT2D eigenvalue weighted by atomic mass is 9.89. The number of hydrogen-bond acceptors (Lipinski definition) is 5. The molecule has 7 heteroatoms. The monoisotopic (exact) mass is 434 g/mol. The molecule has 1 saturated heterocycles. The van der Waals surface area contributed by atoms with E-state index in [-0.39, 0.29) is 17.0 Å². The molecule has 7 nitrogen and oxygen atoms in total. The zero-order valence-electron chi connectivity index (χ0n) is 18.6. The molecule has 32 heavy (non-hydrogen) atoms. The predicted molar refractivity (Wildman–Crippen MR) is 118 cm³/mol. The van der Waals surface area contributed by atoms with Crippen molar-refractivity contribution < 1.29 is 23.9 Å². The van der Waals surface area contributed by atoms with Crippen LogP contribution in [0.5, 0.6) is 0 Å². The van der Waals surface area contributed by atoms with Crippen LogP contribution in [-0.2, 0) is 14.3 Å². The van der Waals surface area contributed by atoms with Gasteiger partial charge in [-0.1, -0.05) is 58.0 Å². The van der Waals surface area contributed by atoms with Crippen molar-refractivity contribution in [2.75, 3.05) is 11.4 Å². The lowest BCUT2D eigenvalue weighted by molar-refractivity contribution is -0.163. The number of esters is 1. The van der Waals surface area contributed by atoms with E-state index in [2.05, 4.69) is 0 Å². The number of carbonyl (C=O) groups excluding carboxylic acids is 4. The number of imide groups is 1. The van der Waals surface area contributed by atoms with Gasteiger partial charge in [0.1, 0.15) is 6.04 Å². The molecule has 1 fully saturated rings. The molecule has 4 rings (SSSR count). The van der Waals surface area contributed by atoms with Crippen molar-refractivity contribution in [1.29, 1.82) is 0 Å². The van der Waals surface area contributed by atoms with Crippen molar-refractivity contribution >= 4 is 29.4 Å². The normalized spacial score (nSPS) is 20.7. The summed E-state index contributed by atoms with van der Waals surface area (Å²) in [6, 6.07) is 14.6. The molecule has 0 saturated carbocycles. The summed E-state index contributed by atoms with van der Waals surface area (Å²) in [5, 5.41) is 0. The Hall–Kier alpha value is -3.48. The van der Waals surface area contributed by atoms with Crippen molar-refractivity contribution in [3.63, 3.8) is 0 Å². The molecule has 0 aromatic heterocycles. The van der Waals surface area contributed by atoms with E-state index >= 15 is 0 Å². The topological polar surface area (TPSA) is 84.0 Å². The SMILES string of the molecule is CC(C)[C@H](C(=O)O[C@H]1C(=O)N(c2ccccc2)CC1(C)C)N1C(=O)c2ccccc2C1=O. The molecule has 0 radical (unpaired) electrons. The zero-order valence-corrected chi connectivity index (χ0v) is 18.6. The van der Waals surface area contributed by atoms with Gasteiger partial charge in [-0.25, -0.2) is 4.79 Å². The number of fused-ring (bicyclic) bond motifs is 1. The Bertz CT molecular complexity index is 1060. The minimum absolute atomic E-state index is 0.267. The highest BCUT2D eigenvalue weighted by Gasteiger charge is 2.52. The van der Waals surface area contributed by atoms with Gasteiger partial charge in [-0.3, -0.25) is 19.3 Å². The molecular weight excluding hydrogens is 408 g/mol. The van der Waals surface area contributed by atoms with E-state index in [0.29, 0.717) is 6.54 Å². The minimum Gasteiger partial charge on any atom is -0.450 e. The van der Waals surface area contributed by atoms with Gasteiger partial charge in [-0.2, -0.15) is 0 Å². The summed E-state index contributed by atoms with van der Waals surface area (Å²) in [6.07, 6.45) is -1.02. The highest BCUT2D eigenvalue weighted by molar-refractivity contribution is 6.22. The van der Waals surface area contributed by atoms with Crippen molar-refractivity contribution in [2.45, 2.75) is 39.8 Å². The number of amides is 3. The fraction of sp³-hybridized carbons (Fsp3) is 0.360. The van der Waals surface area contributed by atoms with E-state index in [9.17, 15) is 19.2 Å². The first-order chi connectivity index (χ1) is 15.1. The quantitative estimate of drug-likeness (QED) is 0.533. The highest BCUT2D eigenvalue weighted by Crippen LogP contribution is 2.37. The third-order valence-electron chi connectivity index (χ3n) is 6.04. The van der Waals surface area contributed by atoms with Crippen LogP contribution < -0.4 is 4.90 Å². The molecule has 0 aliphatic carbocycles. The number of para-hydroxylation sites is 1. The van der Waals surface area contributed by atoms with Crippen molar-refractivity contribution in [1.82, 2.24) is 4.90 Å². The number of rotatable bonds is 5. The maximum atomic E-state index is 13.3. The van der Waals surface area contributed by atoms with Gasteiger partial charge < -0.3 is 9.64 Å². The summed E-state index contributed by atoms with van der Waals surface area (Å²) in [5.74, 6) is -2.52. The van der Waals surface area contributed by atoms with Crippen LogP contribution in [0.3, 0.4) is 0 Å². The zero-order chi connectivity index (χ0) is 23.2. The molecule has 166 valence electrons. The summed E-state index contributed by atoms with van der Waals surface area (Å²) < 4.78 is 5.75. The summed E-state index contributed by atoms with van der Waals surface area (Å²) in [6.45, 7) is 7.59. The molecular formula is C25H26N2O5. The Labute approximate surface area is 187 Å². The molecule has 2 aromatic rings. The number of benzene rings is 2. The molecule has 2 aromatic carbocycles. The number of anilines is 1. The predicted octanol–water partition coefficient (Wildman–Crippen LogP) is 3.29. The summed E-state index contributed by atoms with van der Waals surface area (Å²) in [5.41, 5.74) is 0.614.